The fourth-order valence-corrected chi connectivity index (χ4v) is 4.50. The molecule has 0 saturated heterocycles. The Morgan fingerprint density at radius 2 is 1.68 bits per heavy atom. The van der Waals surface area contributed by atoms with E-state index in [2.05, 4.69) is 5.10 Å². The summed E-state index contributed by atoms with van der Waals surface area (Å²) in [5, 5.41) is 4.64. The third-order valence-electron chi connectivity index (χ3n) is 5.04. The minimum Gasteiger partial charge on any atom is -0.496 e. The van der Waals surface area contributed by atoms with Crippen LogP contribution in [0.2, 0.25) is 0 Å². The van der Waals surface area contributed by atoms with Gasteiger partial charge in [0.1, 0.15) is 17.2 Å². The van der Waals surface area contributed by atoms with Crippen molar-refractivity contribution in [2.24, 2.45) is 0 Å². The largest absolute Gasteiger partial charge is 0.496 e. The van der Waals surface area contributed by atoms with Gasteiger partial charge in [-0.3, -0.25) is 9.48 Å². The average molecular weight is 441 g/mol. The van der Waals surface area contributed by atoms with Gasteiger partial charge >= 0.3 is 0 Å². The third kappa shape index (κ3) is 5.41. The van der Waals surface area contributed by atoms with Crippen molar-refractivity contribution in [3.8, 4) is 5.75 Å². The number of hydrogen-bond donors (Lipinski definition) is 0. The van der Waals surface area contributed by atoms with Crippen molar-refractivity contribution >= 4 is 15.6 Å². The van der Waals surface area contributed by atoms with Crippen molar-refractivity contribution < 1.29 is 17.9 Å². The molecule has 3 rings (SSSR count). The van der Waals surface area contributed by atoms with E-state index in [0.29, 0.717) is 18.7 Å². The maximum absolute atomic E-state index is 13.1. The van der Waals surface area contributed by atoms with Gasteiger partial charge in [-0.25, -0.2) is 8.42 Å². The fourth-order valence-electron chi connectivity index (χ4n) is 3.27. The predicted molar refractivity (Wildman–Crippen MR) is 120 cm³/mol. The Labute approximate surface area is 183 Å². The van der Waals surface area contributed by atoms with E-state index in [1.807, 2.05) is 45.0 Å². The molecule has 164 valence electrons. The number of carbonyl (C=O) groups is 1. The van der Waals surface area contributed by atoms with Crippen LogP contribution in [-0.2, 0) is 28.2 Å². The van der Waals surface area contributed by atoms with Crippen LogP contribution in [0, 0.1) is 0 Å². The van der Waals surface area contributed by atoms with Crippen molar-refractivity contribution in [1.82, 2.24) is 9.78 Å². The maximum atomic E-state index is 13.1. The number of aryl methyl sites for hydroxylation is 2. The molecule has 6 nitrogen and oxygen atoms in total. The molecule has 0 unspecified atom stereocenters. The number of carbonyl (C=O) groups excluding carboxylic acids is 1. The van der Waals surface area contributed by atoms with Crippen molar-refractivity contribution in [3.05, 3.63) is 77.6 Å². The minimum atomic E-state index is -3.74. The van der Waals surface area contributed by atoms with Crippen LogP contribution in [0.15, 0.2) is 65.6 Å². The molecule has 0 saturated carbocycles. The lowest BCUT2D eigenvalue weighted by molar-refractivity contribution is 0.101. The average Bonchev–Trinajstić information content (AvgIpc) is 3.18. The second-order valence-electron chi connectivity index (χ2n) is 8.45. The number of Topliss-reactive ketones (excluding diaryl/α,β-unsaturated/α-hetero) is 1. The zero-order valence-electron chi connectivity index (χ0n) is 18.3. The zero-order valence-corrected chi connectivity index (χ0v) is 19.1. The summed E-state index contributed by atoms with van der Waals surface area (Å²) in [6.45, 7) is 6.46. The summed E-state index contributed by atoms with van der Waals surface area (Å²) in [6.07, 6.45) is 0.598. The Balaban J connectivity index is 1.90. The number of para-hydroxylation sites is 1. The van der Waals surface area contributed by atoms with Crippen molar-refractivity contribution in [2.45, 2.75) is 44.0 Å². The third-order valence-corrected chi connectivity index (χ3v) is 6.68. The first-order chi connectivity index (χ1) is 14.6. The van der Waals surface area contributed by atoms with Crippen LogP contribution in [0.25, 0.3) is 0 Å². The fraction of sp³-hybridized carbons (Fsp3) is 0.333. The van der Waals surface area contributed by atoms with Crippen molar-refractivity contribution in [2.75, 3.05) is 12.9 Å². The summed E-state index contributed by atoms with van der Waals surface area (Å²) >= 11 is 0. The Kier molecular flexibility index (Phi) is 6.65. The first-order valence-electron chi connectivity index (χ1n) is 10.1. The maximum Gasteiger partial charge on any atom is 0.196 e. The van der Waals surface area contributed by atoms with Gasteiger partial charge < -0.3 is 4.74 Å². The first-order valence-corrected chi connectivity index (χ1v) is 11.8. The number of sulfone groups is 1. The van der Waals surface area contributed by atoms with Crippen molar-refractivity contribution in [3.63, 3.8) is 0 Å². The van der Waals surface area contributed by atoms with Gasteiger partial charge in [0, 0.05) is 12.0 Å². The van der Waals surface area contributed by atoms with Crippen LogP contribution in [0.3, 0.4) is 0 Å². The van der Waals surface area contributed by atoms with E-state index in [1.54, 1.807) is 36.1 Å². The van der Waals surface area contributed by atoms with Crippen LogP contribution in [-0.4, -0.2) is 36.8 Å². The number of ketones is 1. The van der Waals surface area contributed by atoms with Gasteiger partial charge in [0.25, 0.3) is 0 Å². The summed E-state index contributed by atoms with van der Waals surface area (Å²) < 4.78 is 32.5. The molecule has 2 aromatic carbocycles. The first kappa shape index (κ1) is 22.7. The van der Waals surface area contributed by atoms with Crippen LogP contribution in [0.5, 0.6) is 5.75 Å². The second kappa shape index (κ2) is 9.06. The van der Waals surface area contributed by atoms with Crippen LogP contribution < -0.4 is 4.74 Å². The van der Waals surface area contributed by atoms with Gasteiger partial charge in [0.15, 0.2) is 15.6 Å². The highest BCUT2D eigenvalue weighted by Gasteiger charge is 2.26. The highest BCUT2D eigenvalue weighted by molar-refractivity contribution is 7.92. The van der Waals surface area contributed by atoms with Gasteiger partial charge in [0.05, 0.1) is 17.7 Å². The molecule has 0 amide bonds. The molecule has 0 aliphatic heterocycles. The molecule has 0 radical (unpaired) electrons. The molecule has 1 heterocycles. The second-order valence-corrected chi connectivity index (χ2v) is 10.4. The number of ether oxygens (including phenoxy) is 1. The molecule has 0 N–H and O–H groups in total. The molecule has 0 atom stereocenters. The van der Waals surface area contributed by atoms with E-state index in [0.717, 1.165) is 17.0 Å². The Hall–Kier alpha value is -2.93. The number of hydrogen-bond acceptors (Lipinski definition) is 5. The van der Waals surface area contributed by atoms with Gasteiger partial charge in [-0.1, -0.05) is 57.2 Å². The number of benzene rings is 2. The normalized spacial score (nSPS) is 12.0. The summed E-state index contributed by atoms with van der Waals surface area (Å²) in [5.41, 5.74) is 1.77. The molecule has 0 bridgehead atoms. The van der Waals surface area contributed by atoms with E-state index in [4.69, 9.17) is 4.74 Å². The molecular formula is C24H28N2O4S. The summed E-state index contributed by atoms with van der Waals surface area (Å²) in [5.74, 6) is -0.293. The van der Waals surface area contributed by atoms with E-state index in [9.17, 15) is 13.2 Å². The quantitative estimate of drug-likeness (QED) is 0.493. The molecule has 1 aromatic heterocycles. The van der Waals surface area contributed by atoms with E-state index >= 15 is 0 Å². The van der Waals surface area contributed by atoms with Gasteiger partial charge in [-0.15, -0.1) is 0 Å². The molecule has 3 aromatic rings. The van der Waals surface area contributed by atoms with Gasteiger partial charge in [-0.05, 0) is 36.2 Å². The van der Waals surface area contributed by atoms with Crippen LogP contribution in [0.1, 0.15) is 42.5 Å². The molecule has 0 aliphatic rings. The smallest absolute Gasteiger partial charge is 0.196 e. The Morgan fingerprint density at radius 1 is 1.03 bits per heavy atom. The number of aromatic nitrogens is 2. The topological polar surface area (TPSA) is 78.3 Å². The van der Waals surface area contributed by atoms with Gasteiger partial charge in [0.2, 0.25) is 0 Å². The molecular weight excluding hydrogens is 412 g/mol. The molecule has 0 aliphatic carbocycles. The van der Waals surface area contributed by atoms with Gasteiger partial charge in [-0.2, -0.15) is 5.10 Å². The predicted octanol–water partition coefficient (Wildman–Crippen LogP) is 4.09. The Bertz CT molecular complexity index is 1160. The van der Waals surface area contributed by atoms with Crippen LogP contribution in [0.4, 0.5) is 0 Å². The number of rotatable bonds is 8. The monoisotopic (exact) mass is 440 g/mol. The SMILES string of the molecule is COc1ccccc1CCn1nc(C(C)(C)C)cc1C(=O)CS(=O)(=O)c1ccccc1. The summed E-state index contributed by atoms with van der Waals surface area (Å²) in [4.78, 5) is 13.2. The molecule has 7 heteroatoms. The highest BCUT2D eigenvalue weighted by Crippen LogP contribution is 2.24. The number of methoxy groups -OCH3 is 1. The molecule has 0 spiro atoms. The lowest BCUT2D eigenvalue weighted by Crippen LogP contribution is -2.20. The highest BCUT2D eigenvalue weighted by atomic mass is 32.2. The standard InChI is InChI=1S/C24H28N2O4S/c1-24(2,3)23-16-20(21(27)17-31(28,29)19-11-6-5-7-12-19)26(25-23)15-14-18-10-8-9-13-22(18)30-4/h5-13,16H,14-15,17H2,1-4H3. The lowest BCUT2D eigenvalue weighted by Gasteiger charge is -2.14. The van der Waals surface area contributed by atoms with E-state index in [1.165, 1.54) is 12.1 Å². The van der Waals surface area contributed by atoms with E-state index < -0.39 is 21.4 Å². The molecule has 0 fully saturated rings. The minimum absolute atomic E-state index is 0.138. The Morgan fingerprint density at radius 3 is 2.32 bits per heavy atom. The zero-order chi connectivity index (χ0) is 22.6. The van der Waals surface area contributed by atoms with Crippen molar-refractivity contribution in [1.29, 1.82) is 0 Å². The summed E-state index contributed by atoms with van der Waals surface area (Å²) in [6, 6.07) is 17.4. The van der Waals surface area contributed by atoms with E-state index in [-0.39, 0.29) is 10.3 Å². The summed E-state index contributed by atoms with van der Waals surface area (Å²) in [7, 11) is -2.12. The number of nitrogens with zero attached hydrogens (tertiary/aromatic N) is 2. The molecule has 31 heavy (non-hydrogen) atoms. The van der Waals surface area contributed by atoms with Crippen LogP contribution >= 0.6 is 0 Å². The lowest BCUT2D eigenvalue weighted by atomic mass is 9.92.